The van der Waals surface area contributed by atoms with E-state index in [2.05, 4.69) is 0 Å². The van der Waals surface area contributed by atoms with Gasteiger partial charge in [-0.2, -0.15) is 4.31 Å². The van der Waals surface area contributed by atoms with Gasteiger partial charge in [-0.25, -0.2) is 8.42 Å². The van der Waals surface area contributed by atoms with Gasteiger partial charge in [0.25, 0.3) is 0 Å². The number of amides is 1. The molecule has 1 atom stereocenters. The van der Waals surface area contributed by atoms with Crippen LogP contribution in [0.1, 0.15) is 26.7 Å². The summed E-state index contributed by atoms with van der Waals surface area (Å²) in [5.41, 5.74) is 0. The molecule has 0 aromatic heterocycles. The lowest BCUT2D eigenvalue weighted by Gasteiger charge is -2.35. The van der Waals surface area contributed by atoms with Gasteiger partial charge in [0.15, 0.2) is 0 Å². The van der Waals surface area contributed by atoms with Crippen LogP contribution in [0.2, 0.25) is 0 Å². The average molecular weight is 394 g/mol. The first-order valence-corrected chi connectivity index (χ1v) is 10.8. The van der Waals surface area contributed by atoms with Gasteiger partial charge < -0.3 is 14.7 Å². The van der Waals surface area contributed by atoms with Crippen molar-refractivity contribution in [2.24, 2.45) is 0 Å². The van der Waals surface area contributed by atoms with E-state index in [4.69, 9.17) is 9.84 Å². The van der Waals surface area contributed by atoms with E-state index in [1.165, 1.54) is 0 Å². The first kappa shape index (κ1) is 22.8. The van der Waals surface area contributed by atoms with E-state index < -0.39 is 28.6 Å². The van der Waals surface area contributed by atoms with E-state index in [1.54, 1.807) is 0 Å². The van der Waals surface area contributed by atoms with Gasteiger partial charge in [-0.3, -0.25) is 14.5 Å². The second-order valence-corrected chi connectivity index (χ2v) is 8.54. The molecule has 1 N–H and O–H groups in total. The number of carbonyl (C=O) groups is 2. The lowest BCUT2D eigenvalue weighted by Crippen LogP contribution is -2.52. The van der Waals surface area contributed by atoms with Crippen LogP contribution in [-0.2, 0) is 24.3 Å². The summed E-state index contributed by atoms with van der Waals surface area (Å²) in [6.45, 7) is 6.49. The van der Waals surface area contributed by atoms with E-state index in [0.717, 1.165) is 36.5 Å². The fourth-order valence-electron chi connectivity index (χ4n) is 2.92. The number of carbonyl (C=O) groups excluding carboxylic acids is 1. The van der Waals surface area contributed by atoms with Gasteiger partial charge >= 0.3 is 5.97 Å². The molecule has 0 aliphatic carbocycles. The summed E-state index contributed by atoms with van der Waals surface area (Å²) in [7, 11) is -3.65. The Balaban J connectivity index is 2.65. The number of hydrogen-bond donors (Lipinski definition) is 1. The third-order valence-corrected chi connectivity index (χ3v) is 5.33. The number of carboxylic acids is 1. The maximum Gasteiger partial charge on any atom is 0.318 e. The minimum Gasteiger partial charge on any atom is -0.480 e. The van der Waals surface area contributed by atoms with Crippen LogP contribution >= 0.6 is 0 Å². The Kier molecular flexibility index (Phi) is 9.48. The normalized spacial score (nSPS) is 18.8. The van der Waals surface area contributed by atoms with E-state index in [0.29, 0.717) is 19.7 Å². The van der Waals surface area contributed by atoms with Crippen LogP contribution in [0.25, 0.3) is 0 Å². The predicted molar refractivity (Wildman–Crippen MR) is 97.4 cm³/mol. The van der Waals surface area contributed by atoms with Gasteiger partial charge in [-0.1, -0.05) is 13.8 Å². The fraction of sp³-hybridized carbons (Fsp3) is 0.875. The van der Waals surface area contributed by atoms with Gasteiger partial charge in [0.2, 0.25) is 15.9 Å². The number of ether oxygens (including phenoxy) is 1. The van der Waals surface area contributed by atoms with Crippen molar-refractivity contribution in [3.05, 3.63) is 0 Å². The molecule has 1 aliphatic rings. The molecule has 152 valence electrons. The Morgan fingerprint density at radius 3 is 2.35 bits per heavy atom. The topological polar surface area (TPSA) is 107 Å². The highest BCUT2D eigenvalue weighted by Gasteiger charge is 2.29. The van der Waals surface area contributed by atoms with Crippen molar-refractivity contribution in [3.63, 3.8) is 0 Å². The maximum absolute atomic E-state index is 12.5. The predicted octanol–water partition coefficient (Wildman–Crippen LogP) is -0.318. The van der Waals surface area contributed by atoms with Crippen molar-refractivity contribution in [1.29, 1.82) is 0 Å². The highest BCUT2D eigenvalue weighted by atomic mass is 32.2. The van der Waals surface area contributed by atoms with Crippen molar-refractivity contribution >= 4 is 21.9 Å². The summed E-state index contributed by atoms with van der Waals surface area (Å²) in [4.78, 5) is 27.2. The van der Waals surface area contributed by atoms with Crippen LogP contribution in [-0.4, -0.2) is 104 Å². The standard InChI is InChI=1S/C16H31N3O6S/c1-4-6-18(7-5-2)15(20)12-17-8-9-25-14(10-17)11-19(13-16(21)22)26(3,23)24/h14H,4-13H2,1-3H3,(H,21,22). The lowest BCUT2D eigenvalue weighted by atomic mass is 10.2. The number of nitrogens with zero attached hydrogens (tertiary/aromatic N) is 3. The fourth-order valence-corrected chi connectivity index (χ4v) is 3.70. The quantitative estimate of drug-likeness (QED) is 0.513. The molecular formula is C16H31N3O6S. The molecule has 10 heteroatoms. The average Bonchev–Trinajstić information content (AvgIpc) is 2.53. The first-order chi connectivity index (χ1) is 12.2. The molecule has 9 nitrogen and oxygen atoms in total. The molecule has 0 bridgehead atoms. The zero-order chi connectivity index (χ0) is 19.7. The summed E-state index contributed by atoms with van der Waals surface area (Å²) < 4.78 is 30.0. The number of carboxylic acid groups (broad SMARTS) is 1. The zero-order valence-corrected chi connectivity index (χ0v) is 16.7. The second kappa shape index (κ2) is 10.8. The number of morpholine rings is 1. The van der Waals surface area contributed by atoms with Crippen molar-refractivity contribution in [2.45, 2.75) is 32.8 Å². The Morgan fingerprint density at radius 2 is 1.85 bits per heavy atom. The summed E-state index contributed by atoms with van der Waals surface area (Å²) in [6, 6.07) is 0. The highest BCUT2D eigenvalue weighted by molar-refractivity contribution is 7.88. The zero-order valence-electron chi connectivity index (χ0n) is 15.9. The molecule has 0 saturated carbocycles. The van der Waals surface area contributed by atoms with E-state index >= 15 is 0 Å². The van der Waals surface area contributed by atoms with Crippen LogP contribution in [0.4, 0.5) is 0 Å². The third-order valence-electron chi connectivity index (χ3n) is 4.11. The molecule has 0 spiro atoms. The molecule has 0 radical (unpaired) electrons. The minimum atomic E-state index is -3.65. The van der Waals surface area contributed by atoms with Crippen LogP contribution in [0.15, 0.2) is 0 Å². The van der Waals surface area contributed by atoms with Gasteiger partial charge in [-0.15, -0.1) is 0 Å². The Morgan fingerprint density at radius 1 is 1.23 bits per heavy atom. The summed E-state index contributed by atoms with van der Waals surface area (Å²) >= 11 is 0. The molecule has 1 heterocycles. The van der Waals surface area contributed by atoms with E-state index in [1.807, 2.05) is 23.6 Å². The Bertz CT molecular complexity index is 562. The van der Waals surface area contributed by atoms with Gasteiger partial charge in [-0.05, 0) is 12.8 Å². The van der Waals surface area contributed by atoms with Crippen molar-refractivity contribution in [3.8, 4) is 0 Å². The number of rotatable bonds is 11. The van der Waals surface area contributed by atoms with Crippen LogP contribution in [0.3, 0.4) is 0 Å². The minimum absolute atomic E-state index is 0.0382. The van der Waals surface area contributed by atoms with Crippen molar-refractivity contribution in [1.82, 2.24) is 14.1 Å². The van der Waals surface area contributed by atoms with E-state index in [-0.39, 0.29) is 19.0 Å². The first-order valence-electron chi connectivity index (χ1n) is 8.96. The molecule has 1 aliphatic heterocycles. The Hall–Kier alpha value is -1.23. The van der Waals surface area contributed by atoms with Crippen LogP contribution < -0.4 is 0 Å². The van der Waals surface area contributed by atoms with Crippen molar-refractivity contribution in [2.75, 3.05) is 58.7 Å². The SMILES string of the molecule is CCCN(CCC)C(=O)CN1CCOC(CN(CC(=O)O)S(C)(=O)=O)C1. The van der Waals surface area contributed by atoms with E-state index in [9.17, 15) is 18.0 Å². The molecule has 0 aromatic rings. The van der Waals surface area contributed by atoms with Crippen molar-refractivity contribution < 1.29 is 27.9 Å². The molecule has 1 amide bonds. The second-order valence-electron chi connectivity index (χ2n) is 6.56. The third kappa shape index (κ3) is 7.98. The summed E-state index contributed by atoms with van der Waals surface area (Å²) in [5.74, 6) is -1.16. The molecule has 26 heavy (non-hydrogen) atoms. The molecule has 1 fully saturated rings. The monoisotopic (exact) mass is 393 g/mol. The van der Waals surface area contributed by atoms with Crippen LogP contribution in [0, 0.1) is 0 Å². The molecule has 1 saturated heterocycles. The lowest BCUT2D eigenvalue weighted by molar-refractivity contribution is -0.137. The summed E-state index contributed by atoms with van der Waals surface area (Å²) in [6.07, 6.45) is 2.32. The number of hydrogen-bond acceptors (Lipinski definition) is 6. The van der Waals surface area contributed by atoms with Gasteiger partial charge in [0, 0.05) is 32.7 Å². The molecule has 0 aromatic carbocycles. The smallest absolute Gasteiger partial charge is 0.318 e. The molecule has 1 unspecified atom stereocenters. The van der Waals surface area contributed by atoms with Crippen LogP contribution in [0.5, 0.6) is 0 Å². The highest BCUT2D eigenvalue weighted by Crippen LogP contribution is 2.10. The number of sulfonamides is 1. The summed E-state index contributed by atoms with van der Waals surface area (Å²) in [5, 5.41) is 8.90. The maximum atomic E-state index is 12.5. The van der Waals surface area contributed by atoms with Gasteiger partial charge in [0.1, 0.15) is 6.54 Å². The Labute approximate surface area is 155 Å². The van der Waals surface area contributed by atoms with Gasteiger partial charge in [0.05, 0.1) is 25.5 Å². The molecule has 1 rings (SSSR count). The number of aliphatic carboxylic acids is 1. The molecular weight excluding hydrogens is 362 g/mol. The largest absolute Gasteiger partial charge is 0.480 e.